The average Bonchev–Trinajstić information content (AvgIpc) is 2.41. The van der Waals surface area contributed by atoms with E-state index in [0.717, 1.165) is 43.6 Å². The Bertz CT molecular complexity index is 479. The van der Waals surface area contributed by atoms with Gasteiger partial charge in [0.25, 0.3) is 0 Å². The number of hydrogen-bond donors (Lipinski definition) is 2. The van der Waals surface area contributed by atoms with Crippen LogP contribution in [0.5, 0.6) is 0 Å². The van der Waals surface area contributed by atoms with Crippen molar-refractivity contribution in [3.05, 3.63) is 29.3 Å². The number of carbonyl (C=O) groups is 1. The monoisotopic (exact) mass is 311 g/mol. The van der Waals surface area contributed by atoms with Gasteiger partial charge in [-0.3, -0.25) is 9.69 Å². The van der Waals surface area contributed by atoms with E-state index in [4.69, 9.17) is 5.73 Å². The molecule has 0 unspecified atom stereocenters. The summed E-state index contributed by atoms with van der Waals surface area (Å²) in [5, 5.41) is 3.07. The van der Waals surface area contributed by atoms with Gasteiger partial charge in [-0.15, -0.1) is 12.4 Å². The summed E-state index contributed by atoms with van der Waals surface area (Å²) in [6.45, 7) is 6.36. The molecule has 4 nitrogen and oxygen atoms in total. The SMILES string of the molecule is CCc1cccc(C)c1NC(=O)CN1CCC[C@@H](N)C1.Cl. The topological polar surface area (TPSA) is 58.4 Å². The highest BCUT2D eigenvalue weighted by molar-refractivity contribution is 5.93. The predicted octanol–water partition coefficient (Wildman–Crippen LogP) is 2.34. The molecule has 1 aromatic rings. The lowest BCUT2D eigenvalue weighted by Crippen LogP contribution is -2.45. The molecule has 0 aliphatic carbocycles. The van der Waals surface area contributed by atoms with Gasteiger partial charge in [-0.25, -0.2) is 0 Å². The lowest BCUT2D eigenvalue weighted by molar-refractivity contribution is -0.117. The first kappa shape index (κ1) is 18.0. The van der Waals surface area contributed by atoms with Gasteiger partial charge in [-0.05, 0) is 43.9 Å². The van der Waals surface area contributed by atoms with Gasteiger partial charge in [-0.2, -0.15) is 0 Å². The van der Waals surface area contributed by atoms with Crippen molar-refractivity contribution >= 4 is 24.0 Å². The van der Waals surface area contributed by atoms with E-state index < -0.39 is 0 Å². The van der Waals surface area contributed by atoms with Crippen LogP contribution in [0.2, 0.25) is 0 Å². The molecule has 1 amide bonds. The number of rotatable bonds is 4. The van der Waals surface area contributed by atoms with Crippen LogP contribution in [0.25, 0.3) is 0 Å². The number of aryl methyl sites for hydroxylation is 2. The molecular formula is C16H26ClN3O. The molecule has 0 radical (unpaired) electrons. The molecular weight excluding hydrogens is 286 g/mol. The molecule has 2 rings (SSSR count). The van der Waals surface area contributed by atoms with Gasteiger partial charge in [0.1, 0.15) is 0 Å². The maximum absolute atomic E-state index is 12.2. The van der Waals surface area contributed by atoms with Crippen LogP contribution >= 0.6 is 12.4 Å². The maximum atomic E-state index is 12.2. The van der Waals surface area contributed by atoms with E-state index in [9.17, 15) is 4.79 Å². The van der Waals surface area contributed by atoms with Crippen LogP contribution in [0.3, 0.4) is 0 Å². The number of carbonyl (C=O) groups excluding carboxylic acids is 1. The first-order chi connectivity index (χ1) is 9.60. The number of piperidine rings is 1. The minimum atomic E-state index is 0. The van der Waals surface area contributed by atoms with Gasteiger partial charge in [-0.1, -0.05) is 25.1 Å². The zero-order chi connectivity index (χ0) is 14.5. The van der Waals surface area contributed by atoms with Crippen molar-refractivity contribution in [3.8, 4) is 0 Å². The molecule has 1 saturated heterocycles. The molecule has 118 valence electrons. The summed E-state index contributed by atoms with van der Waals surface area (Å²) in [5.74, 6) is 0.0584. The van der Waals surface area contributed by atoms with Gasteiger partial charge >= 0.3 is 0 Å². The predicted molar refractivity (Wildman–Crippen MR) is 90.1 cm³/mol. The molecule has 1 aliphatic rings. The highest BCUT2D eigenvalue weighted by atomic mass is 35.5. The normalized spacial score (nSPS) is 18.9. The molecule has 1 atom stereocenters. The zero-order valence-corrected chi connectivity index (χ0v) is 13.7. The number of halogens is 1. The molecule has 3 N–H and O–H groups in total. The largest absolute Gasteiger partial charge is 0.327 e. The van der Waals surface area contributed by atoms with Crippen LogP contribution < -0.4 is 11.1 Å². The van der Waals surface area contributed by atoms with Crippen LogP contribution in [0.1, 0.15) is 30.9 Å². The number of likely N-dealkylation sites (tertiary alicyclic amines) is 1. The Morgan fingerprint density at radius 3 is 2.90 bits per heavy atom. The number of anilines is 1. The van der Waals surface area contributed by atoms with E-state index in [1.54, 1.807) is 0 Å². The van der Waals surface area contributed by atoms with E-state index >= 15 is 0 Å². The van der Waals surface area contributed by atoms with Crippen LogP contribution in [0, 0.1) is 6.92 Å². The number of amides is 1. The Morgan fingerprint density at radius 1 is 1.48 bits per heavy atom. The van der Waals surface area contributed by atoms with Gasteiger partial charge in [0.05, 0.1) is 6.54 Å². The number of nitrogens with one attached hydrogen (secondary N) is 1. The summed E-state index contributed by atoms with van der Waals surface area (Å²) in [7, 11) is 0. The van der Waals surface area contributed by atoms with Gasteiger partial charge in [0, 0.05) is 18.3 Å². The van der Waals surface area contributed by atoms with Crippen molar-refractivity contribution in [1.82, 2.24) is 4.90 Å². The molecule has 1 aliphatic heterocycles. The Kier molecular flexibility index (Phi) is 7.15. The van der Waals surface area contributed by atoms with Crippen molar-refractivity contribution in [2.45, 2.75) is 39.2 Å². The molecule has 0 spiro atoms. The van der Waals surface area contributed by atoms with E-state index in [-0.39, 0.29) is 24.4 Å². The summed E-state index contributed by atoms with van der Waals surface area (Å²) < 4.78 is 0. The Labute approximate surface area is 133 Å². The Hall–Kier alpha value is -1.10. The fraction of sp³-hybridized carbons (Fsp3) is 0.562. The zero-order valence-electron chi connectivity index (χ0n) is 12.9. The average molecular weight is 312 g/mol. The number of benzene rings is 1. The number of para-hydroxylation sites is 1. The second-order valence-electron chi connectivity index (χ2n) is 5.65. The Balaban J connectivity index is 0.00000220. The van der Waals surface area contributed by atoms with E-state index in [1.165, 1.54) is 5.56 Å². The lowest BCUT2D eigenvalue weighted by Gasteiger charge is -2.30. The minimum Gasteiger partial charge on any atom is -0.327 e. The first-order valence-electron chi connectivity index (χ1n) is 7.46. The van der Waals surface area contributed by atoms with E-state index in [1.807, 2.05) is 19.1 Å². The van der Waals surface area contributed by atoms with Crippen LogP contribution in [0.4, 0.5) is 5.69 Å². The number of nitrogens with zero attached hydrogens (tertiary/aromatic N) is 1. The van der Waals surface area contributed by atoms with Crippen molar-refractivity contribution in [1.29, 1.82) is 0 Å². The minimum absolute atomic E-state index is 0. The lowest BCUT2D eigenvalue weighted by atomic mass is 10.1. The molecule has 1 heterocycles. The fourth-order valence-electron chi connectivity index (χ4n) is 2.82. The second-order valence-corrected chi connectivity index (χ2v) is 5.65. The van der Waals surface area contributed by atoms with Gasteiger partial charge < -0.3 is 11.1 Å². The van der Waals surface area contributed by atoms with Crippen LogP contribution in [-0.2, 0) is 11.2 Å². The highest BCUT2D eigenvalue weighted by Crippen LogP contribution is 2.21. The third-order valence-corrected chi connectivity index (χ3v) is 3.91. The molecule has 1 fully saturated rings. The summed E-state index contributed by atoms with van der Waals surface area (Å²) in [4.78, 5) is 14.4. The van der Waals surface area contributed by atoms with Crippen molar-refractivity contribution in [2.24, 2.45) is 5.73 Å². The third-order valence-electron chi connectivity index (χ3n) is 3.91. The third kappa shape index (κ3) is 4.99. The maximum Gasteiger partial charge on any atom is 0.238 e. The number of hydrogen-bond acceptors (Lipinski definition) is 3. The summed E-state index contributed by atoms with van der Waals surface area (Å²) in [6.07, 6.45) is 3.07. The molecule has 1 aromatic carbocycles. The van der Waals surface area contributed by atoms with Crippen molar-refractivity contribution < 1.29 is 4.79 Å². The quantitative estimate of drug-likeness (QED) is 0.897. The molecule has 0 saturated carbocycles. The molecule has 0 bridgehead atoms. The second kappa shape index (κ2) is 8.37. The molecule has 21 heavy (non-hydrogen) atoms. The van der Waals surface area contributed by atoms with E-state index in [2.05, 4.69) is 23.2 Å². The van der Waals surface area contributed by atoms with Gasteiger partial charge in [0.15, 0.2) is 0 Å². The first-order valence-corrected chi connectivity index (χ1v) is 7.46. The van der Waals surface area contributed by atoms with Crippen molar-refractivity contribution in [3.63, 3.8) is 0 Å². The van der Waals surface area contributed by atoms with Crippen LogP contribution in [-0.4, -0.2) is 36.5 Å². The number of nitrogens with two attached hydrogens (primary N) is 1. The highest BCUT2D eigenvalue weighted by Gasteiger charge is 2.19. The van der Waals surface area contributed by atoms with Crippen LogP contribution in [0.15, 0.2) is 18.2 Å². The standard InChI is InChI=1S/C16H25N3O.ClH/c1-3-13-7-4-6-12(2)16(13)18-15(20)11-19-9-5-8-14(17)10-19;/h4,6-7,14H,3,5,8-11,17H2,1-2H3,(H,18,20);1H/t14-;/m1./s1. The van der Waals surface area contributed by atoms with E-state index in [0.29, 0.717) is 6.54 Å². The summed E-state index contributed by atoms with van der Waals surface area (Å²) in [6, 6.07) is 6.35. The van der Waals surface area contributed by atoms with Gasteiger partial charge in [0.2, 0.25) is 5.91 Å². The molecule has 0 aromatic heterocycles. The van der Waals surface area contributed by atoms with Crippen molar-refractivity contribution in [2.75, 3.05) is 25.0 Å². The fourth-order valence-corrected chi connectivity index (χ4v) is 2.82. The summed E-state index contributed by atoms with van der Waals surface area (Å²) in [5.41, 5.74) is 9.23. The summed E-state index contributed by atoms with van der Waals surface area (Å²) >= 11 is 0. The smallest absolute Gasteiger partial charge is 0.238 e. The molecule has 5 heteroatoms. The Morgan fingerprint density at radius 2 is 2.24 bits per heavy atom.